The van der Waals surface area contributed by atoms with Crippen LogP contribution in [-0.2, 0) is 4.79 Å². The number of halogens is 2. The molecule has 0 bridgehead atoms. The maximum absolute atomic E-state index is 12.7. The van der Waals surface area contributed by atoms with Gasteiger partial charge in [-0.3, -0.25) is 4.99 Å². The van der Waals surface area contributed by atoms with Gasteiger partial charge in [0.25, 0.3) is 6.43 Å². The van der Waals surface area contributed by atoms with Crippen LogP contribution in [0.4, 0.5) is 8.78 Å². The molecule has 0 radical (unpaired) electrons. The number of hydrogen-bond donors (Lipinski definition) is 3. The summed E-state index contributed by atoms with van der Waals surface area (Å²) in [6.45, 7) is 0. The number of hydrogen-bond acceptors (Lipinski definition) is 4. The highest BCUT2D eigenvalue weighted by molar-refractivity contribution is 5.80. The summed E-state index contributed by atoms with van der Waals surface area (Å²) in [7, 11) is 0. The molecule has 0 heterocycles. The Morgan fingerprint density at radius 2 is 2.00 bits per heavy atom. The van der Waals surface area contributed by atoms with Gasteiger partial charge in [0.15, 0.2) is 5.54 Å². The van der Waals surface area contributed by atoms with Gasteiger partial charge in [-0.2, -0.15) is 0 Å². The Balaban J connectivity index is 2.57. The van der Waals surface area contributed by atoms with Crippen LogP contribution in [0.15, 0.2) is 35.3 Å². The van der Waals surface area contributed by atoms with E-state index in [4.69, 9.17) is 16.6 Å². The van der Waals surface area contributed by atoms with E-state index in [0.717, 1.165) is 5.56 Å². The van der Waals surface area contributed by atoms with E-state index in [1.807, 2.05) is 18.2 Å². The first-order valence-corrected chi connectivity index (χ1v) is 6.00. The van der Waals surface area contributed by atoms with Crippen molar-refractivity contribution in [2.45, 2.75) is 31.0 Å². The zero-order chi connectivity index (χ0) is 15.2. The number of carboxylic acids is 1. The summed E-state index contributed by atoms with van der Waals surface area (Å²) in [6.07, 6.45) is -2.93. The number of carboxylic acid groups (broad SMARTS) is 1. The molecule has 0 spiro atoms. The van der Waals surface area contributed by atoms with E-state index < -0.39 is 30.5 Å². The molecule has 0 aliphatic heterocycles. The molecule has 2 atom stereocenters. The molecule has 20 heavy (non-hydrogen) atoms. The second-order valence-corrected chi connectivity index (χ2v) is 4.44. The molecule has 0 aromatic heterocycles. The molecule has 5 N–H and O–H groups in total. The average Bonchev–Trinajstić information content (AvgIpc) is 2.43. The third kappa shape index (κ3) is 4.36. The van der Waals surface area contributed by atoms with E-state index >= 15 is 0 Å². The van der Waals surface area contributed by atoms with E-state index in [1.165, 1.54) is 6.21 Å². The molecule has 2 unspecified atom stereocenters. The van der Waals surface area contributed by atoms with Crippen molar-refractivity contribution < 1.29 is 18.7 Å². The number of alkyl halides is 2. The van der Waals surface area contributed by atoms with Crippen LogP contribution in [0.1, 0.15) is 18.4 Å². The molecule has 1 aromatic carbocycles. The quantitative estimate of drug-likeness (QED) is 0.655. The smallest absolute Gasteiger partial charge is 0.329 e. The molecule has 1 rings (SSSR count). The Labute approximate surface area is 115 Å². The summed E-state index contributed by atoms with van der Waals surface area (Å²) < 4.78 is 25.3. The Bertz CT molecular complexity index is 468. The minimum atomic E-state index is -3.16. The lowest BCUT2D eigenvalue weighted by Gasteiger charge is -2.24. The Morgan fingerprint density at radius 3 is 2.50 bits per heavy atom. The second kappa shape index (κ2) is 7.06. The van der Waals surface area contributed by atoms with Crippen LogP contribution in [0.2, 0.25) is 0 Å². The predicted octanol–water partition coefficient (Wildman–Crippen LogP) is 1.22. The number of nitrogens with two attached hydrogens (primary N) is 2. The number of aliphatic carboxylic acids is 1. The van der Waals surface area contributed by atoms with Crippen LogP contribution in [-0.4, -0.2) is 35.4 Å². The van der Waals surface area contributed by atoms with Crippen molar-refractivity contribution in [1.82, 2.24) is 0 Å². The van der Waals surface area contributed by atoms with Gasteiger partial charge >= 0.3 is 5.97 Å². The SMILES string of the molecule is NC(CCC(N)(C(=O)O)C(F)F)/N=C/c1ccccc1. The molecule has 0 amide bonds. The summed E-state index contributed by atoms with van der Waals surface area (Å²) in [5.74, 6) is -1.74. The van der Waals surface area contributed by atoms with Crippen molar-refractivity contribution in [1.29, 1.82) is 0 Å². The number of rotatable bonds is 7. The molecule has 0 fully saturated rings. The molecule has 7 heteroatoms. The number of benzene rings is 1. The van der Waals surface area contributed by atoms with Gasteiger partial charge in [-0.15, -0.1) is 0 Å². The average molecular weight is 285 g/mol. The van der Waals surface area contributed by atoms with Gasteiger partial charge in [0, 0.05) is 6.21 Å². The van der Waals surface area contributed by atoms with Crippen molar-refractivity contribution in [3.05, 3.63) is 35.9 Å². The second-order valence-electron chi connectivity index (χ2n) is 4.44. The molecule has 0 saturated heterocycles. The summed E-state index contributed by atoms with van der Waals surface area (Å²) >= 11 is 0. The van der Waals surface area contributed by atoms with Gasteiger partial charge in [-0.1, -0.05) is 30.3 Å². The lowest BCUT2D eigenvalue weighted by Crippen LogP contribution is -2.54. The number of nitrogens with zero attached hydrogens (tertiary/aromatic N) is 1. The molecular formula is C13H17F2N3O2. The van der Waals surface area contributed by atoms with Crippen molar-refractivity contribution in [3.63, 3.8) is 0 Å². The molecule has 0 aliphatic carbocycles. The van der Waals surface area contributed by atoms with Crippen molar-refractivity contribution in [2.75, 3.05) is 0 Å². The Morgan fingerprint density at radius 1 is 1.40 bits per heavy atom. The van der Waals surface area contributed by atoms with Crippen LogP contribution in [0.5, 0.6) is 0 Å². The Hall–Kier alpha value is -1.86. The third-order valence-corrected chi connectivity index (χ3v) is 2.86. The first-order chi connectivity index (χ1) is 9.36. The maximum atomic E-state index is 12.7. The van der Waals surface area contributed by atoms with Gasteiger partial charge in [0.1, 0.15) is 0 Å². The van der Waals surface area contributed by atoms with E-state index in [0.29, 0.717) is 0 Å². The number of aliphatic imine (C=N–C) groups is 1. The predicted molar refractivity (Wildman–Crippen MR) is 71.8 cm³/mol. The third-order valence-electron chi connectivity index (χ3n) is 2.86. The number of carbonyl (C=O) groups is 1. The van der Waals surface area contributed by atoms with E-state index in [2.05, 4.69) is 4.99 Å². The van der Waals surface area contributed by atoms with Gasteiger partial charge in [0.05, 0.1) is 6.17 Å². The largest absolute Gasteiger partial charge is 0.480 e. The fourth-order valence-corrected chi connectivity index (χ4v) is 1.49. The summed E-state index contributed by atoms with van der Waals surface area (Å²) in [5, 5.41) is 8.74. The van der Waals surface area contributed by atoms with E-state index in [1.54, 1.807) is 12.1 Å². The lowest BCUT2D eigenvalue weighted by molar-refractivity contribution is -0.150. The van der Waals surface area contributed by atoms with Gasteiger partial charge in [-0.05, 0) is 18.4 Å². The summed E-state index contributed by atoms with van der Waals surface area (Å²) in [6, 6.07) is 9.09. The first-order valence-electron chi connectivity index (χ1n) is 6.00. The molecular weight excluding hydrogens is 268 g/mol. The molecule has 5 nitrogen and oxygen atoms in total. The van der Waals surface area contributed by atoms with Gasteiger partial charge in [0.2, 0.25) is 0 Å². The van der Waals surface area contributed by atoms with Crippen LogP contribution in [0.3, 0.4) is 0 Å². The first kappa shape index (κ1) is 16.2. The van der Waals surface area contributed by atoms with E-state index in [-0.39, 0.29) is 6.42 Å². The fraction of sp³-hybridized carbons (Fsp3) is 0.385. The van der Waals surface area contributed by atoms with Crippen LogP contribution >= 0.6 is 0 Å². The van der Waals surface area contributed by atoms with Crippen LogP contribution in [0.25, 0.3) is 0 Å². The highest BCUT2D eigenvalue weighted by atomic mass is 19.3. The zero-order valence-corrected chi connectivity index (χ0v) is 10.7. The minimum absolute atomic E-state index is 0.0452. The standard InChI is InChI=1S/C13H17F2N3O2/c14-11(15)13(17,12(19)20)7-6-10(16)18-8-9-4-2-1-3-5-9/h1-5,8,10-11H,6-7,16-17H2,(H,19,20)/b18-8+. The topological polar surface area (TPSA) is 102 Å². The monoisotopic (exact) mass is 285 g/mol. The fourth-order valence-electron chi connectivity index (χ4n) is 1.49. The van der Waals surface area contributed by atoms with Gasteiger partial charge in [-0.25, -0.2) is 13.6 Å². The van der Waals surface area contributed by atoms with Crippen LogP contribution in [0, 0.1) is 0 Å². The molecule has 110 valence electrons. The van der Waals surface area contributed by atoms with Crippen molar-refractivity contribution in [3.8, 4) is 0 Å². The van der Waals surface area contributed by atoms with Crippen molar-refractivity contribution >= 4 is 12.2 Å². The van der Waals surface area contributed by atoms with Gasteiger partial charge < -0.3 is 16.6 Å². The highest BCUT2D eigenvalue weighted by Gasteiger charge is 2.43. The van der Waals surface area contributed by atoms with Crippen molar-refractivity contribution in [2.24, 2.45) is 16.5 Å². The Kier molecular flexibility index (Phi) is 5.72. The molecule has 1 aromatic rings. The normalized spacial score (nSPS) is 16.2. The summed E-state index contributed by atoms with van der Waals surface area (Å²) in [4.78, 5) is 14.7. The van der Waals surface area contributed by atoms with E-state index in [9.17, 15) is 13.6 Å². The maximum Gasteiger partial charge on any atom is 0.329 e. The zero-order valence-electron chi connectivity index (χ0n) is 10.7. The molecule has 0 aliphatic rings. The lowest BCUT2D eigenvalue weighted by atomic mass is 9.94. The highest BCUT2D eigenvalue weighted by Crippen LogP contribution is 2.20. The summed E-state index contributed by atoms with van der Waals surface area (Å²) in [5.41, 5.74) is 9.05. The van der Waals surface area contributed by atoms with Crippen LogP contribution < -0.4 is 11.5 Å². The molecule has 0 saturated carbocycles. The minimum Gasteiger partial charge on any atom is -0.480 e.